The van der Waals surface area contributed by atoms with Crippen LogP contribution in [0.3, 0.4) is 0 Å². The molecule has 3 rings (SSSR count). The second kappa shape index (κ2) is 6.05. The molecule has 1 saturated carbocycles. The molecule has 0 saturated heterocycles. The number of hydrogen-bond acceptors (Lipinski definition) is 4. The van der Waals surface area contributed by atoms with Gasteiger partial charge in [-0.05, 0) is 42.0 Å². The van der Waals surface area contributed by atoms with Crippen molar-refractivity contribution >= 4 is 33.0 Å². The second-order valence-corrected chi connectivity index (χ2v) is 8.70. The van der Waals surface area contributed by atoms with Gasteiger partial charge in [-0.3, -0.25) is 0 Å². The Bertz CT molecular complexity index is 904. The lowest BCUT2D eigenvalue weighted by Gasteiger charge is -2.06. The van der Waals surface area contributed by atoms with Gasteiger partial charge < -0.3 is 5.11 Å². The van der Waals surface area contributed by atoms with E-state index in [2.05, 4.69) is 0 Å². The fraction of sp³-hybridized carbons (Fsp3) is 0.235. The summed E-state index contributed by atoms with van der Waals surface area (Å²) in [6.45, 7) is -0.533. The van der Waals surface area contributed by atoms with Gasteiger partial charge in [0, 0.05) is 16.0 Å². The maximum absolute atomic E-state index is 13.0. The standard InChI is InChI=1S/C17H13Cl2NO3S/c18-12-3-1-11(2-4-12)15-16(17(15,9-20)10-21)24(22,23)14-7-5-13(19)6-8-14/h1-8,15-16,21H,10H2/t15-,16+,17+/m1/s1. The molecule has 0 unspecified atom stereocenters. The van der Waals surface area contributed by atoms with E-state index in [-0.39, 0.29) is 4.90 Å². The van der Waals surface area contributed by atoms with E-state index in [0.717, 1.165) is 0 Å². The summed E-state index contributed by atoms with van der Waals surface area (Å²) in [6, 6.07) is 14.5. The maximum atomic E-state index is 13.0. The predicted molar refractivity (Wildman–Crippen MR) is 91.8 cm³/mol. The molecule has 124 valence electrons. The molecule has 0 spiro atoms. The molecule has 3 atom stereocenters. The Balaban J connectivity index is 2.06. The van der Waals surface area contributed by atoms with E-state index in [9.17, 15) is 18.8 Å². The van der Waals surface area contributed by atoms with Gasteiger partial charge in [0.05, 0.1) is 22.8 Å². The Morgan fingerprint density at radius 1 is 1.04 bits per heavy atom. The van der Waals surface area contributed by atoms with E-state index >= 15 is 0 Å². The number of halogens is 2. The van der Waals surface area contributed by atoms with Crippen LogP contribution >= 0.6 is 23.2 Å². The van der Waals surface area contributed by atoms with Gasteiger partial charge in [-0.25, -0.2) is 8.42 Å². The molecule has 2 aromatic rings. The topological polar surface area (TPSA) is 78.2 Å². The van der Waals surface area contributed by atoms with Gasteiger partial charge in [-0.2, -0.15) is 5.26 Å². The zero-order valence-electron chi connectivity index (χ0n) is 12.4. The van der Waals surface area contributed by atoms with Gasteiger partial charge in [0.15, 0.2) is 9.84 Å². The fourth-order valence-electron chi connectivity index (χ4n) is 3.13. The smallest absolute Gasteiger partial charge is 0.183 e. The normalized spacial score (nSPS) is 25.9. The monoisotopic (exact) mass is 381 g/mol. The summed E-state index contributed by atoms with van der Waals surface area (Å²) in [5, 5.41) is 19.2. The molecule has 1 fully saturated rings. The van der Waals surface area contributed by atoms with E-state index in [4.69, 9.17) is 23.2 Å². The quantitative estimate of drug-likeness (QED) is 0.879. The van der Waals surface area contributed by atoms with Crippen LogP contribution in [0.5, 0.6) is 0 Å². The number of rotatable bonds is 4. The van der Waals surface area contributed by atoms with Crippen LogP contribution in [0.4, 0.5) is 0 Å². The lowest BCUT2D eigenvalue weighted by molar-refractivity contribution is 0.242. The minimum atomic E-state index is -3.80. The number of nitrogens with zero attached hydrogens (tertiary/aromatic N) is 1. The van der Waals surface area contributed by atoms with Gasteiger partial charge in [-0.15, -0.1) is 0 Å². The first-order valence-corrected chi connectivity index (χ1v) is 9.44. The van der Waals surface area contributed by atoms with E-state index < -0.39 is 33.0 Å². The molecule has 0 amide bonds. The van der Waals surface area contributed by atoms with Crippen LogP contribution in [0.25, 0.3) is 0 Å². The van der Waals surface area contributed by atoms with Gasteiger partial charge >= 0.3 is 0 Å². The molecule has 2 aromatic carbocycles. The molecule has 0 aromatic heterocycles. The first-order valence-electron chi connectivity index (χ1n) is 7.14. The van der Waals surface area contributed by atoms with Crippen molar-refractivity contribution in [2.45, 2.75) is 16.1 Å². The minimum Gasteiger partial charge on any atom is -0.395 e. The summed E-state index contributed by atoms with van der Waals surface area (Å²) in [5.41, 5.74) is -0.690. The molecular formula is C17H13Cl2NO3S. The summed E-state index contributed by atoms with van der Waals surface area (Å²) in [5.74, 6) is -0.606. The lowest BCUT2D eigenvalue weighted by Crippen LogP contribution is -2.18. The lowest BCUT2D eigenvalue weighted by atomic mass is 10.0. The molecule has 0 bridgehead atoms. The SMILES string of the molecule is N#C[C@]1(CO)[C@H](c2ccc(Cl)cc2)[C@@H]1S(=O)(=O)c1ccc(Cl)cc1. The highest BCUT2D eigenvalue weighted by Crippen LogP contribution is 2.63. The van der Waals surface area contributed by atoms with E-state index in [1.54, 1.807) is 24.3 Å². The largest absolute Gasteiger partial charge is 0.395 e. The number of aliphatic hydroxyl groups excluding tert-OH is 1. The summed E-state index contributed by atoms with van der Waals surface area (Å²) in [4.78, 5) is 0.0847. The van der Waals surface area contributed by atoms with Gasteiger partial charge in [0.25, 0.3) is 0 Å². The Morgan fingerprint density at radius 3 is 2.00 bits per heavy atom. The molecule has 0 radical (unpaired) electrons. The molecule has 4 nitrogen and oxygen atoms in total. The van der Waals surface area contributed by atoms with Crippen LogP contribution in [0, 0.1) is 16.7 Å². The van der Waals surface area contributed by atoms with Crippen molar-refractivity contribution in [2.75, 3.05) is 6.61 Å². The number of hydrogen-bond donors (Lipinski definition) is 1. The van der Waals surface area contributed by atoms with Crippen molar-refractivity contribution in [3.05, 3.63) is 64.1 Å². The number of benzene rings is 2. The van der Waals surface area contributed by atoms with Gasteiger partial charge in [0.2, 0.25) is 0 Å². The molecule has 1 N–H and O–H groups in total. The van der Waals surface area contributed by atoms with Crippen molar-refractivity contribution in [3.63, 3.8) is 0 Å². The van der Waals surface area contributed by atoms with E-state index in [1.807, 2.05) is 6.07 Å². The highest BCUT2D eigenvalue weighted by molar-refractivity contribution is 7.92. The zero-order valence-corrected chi connectivity index (χ0v) is 14.7. The Hall–Kier alpha value is -1.58. The third kappa shape index (κ3) is 2.60. The average molecular weight is 382 g/mol. The highest BCUT2D eigenvalue weighted by Gasteiger charge is 2.72. The van der Waals surface area contributed by atoms with E-state index in [0.29, 0.717) is 15.6 Å². The zero-order chi connectivity index (χ0) is 17.5. The Kier molecular flexibility index (Phi) is 4.35. The van der Waals surface area contributed by atoms with Crippen LogP contribution in [0.2, 0.25) is 10.0 Å². The minimum absolute atomic E-state index is 0.0847. The van der Waals surface area contributed by atoms with Gasteiger partial charge in [0.1, 0.15) is 5.41 Å². The summed E-state index contributed by atoms with van der Waals surface area (Å²) >= 11 is 11.7. The first kappa shape index (κ1) is 17.2. The molecule has 1 aliphatic carbocycles. The van der Waals surface area contributed by atoms with Gasteiger partial charge in [-0.1, -0.05) is 35.3 Å². The van der Waals surface area contributed by atoms with Crippen molar-refractivity contribution in [2.24, 2.45) is 5.41 Å². The van der Waals surface area contributed by atoms with Crippen LogP contribution in [-0.2, 0) is 9.84 Å². The Labute approximate surface area is 150 Å². The fourth-order valence-corrected chi connectivity index (χ4v) is 5.70. The third-order valence-electron chi connectivity index (χ3n) is 4.43. The van der Waals surface area contributed by atoms with Crippen molar-refractivity contribution in [1.82, 2.24) is 0 Å². The third-order valence-corrected chi connectivity index (χ3v) is 7.23. The Morgan fingerprint density at radius 2 is 1.54 bits per heavy atom. The number of sulfone groups is 1. The second-order valence-electron chi connectivity index (χ2n) is 5.76. The molecule has 0 aliphatic heterocycles. The van der Waals surface area contributed by atoms with Crippen LogP contribution < -0.4 is 0 Å². The number of aliphatic hydroxyl groups is 1. The number of nitriles is 1. The van der Waals surface area contributed by atoms with Crippen molar-refractivity contribution < 1.29 is 13.5 Å². The summed E-state index contributed by atoms with van der Waals surface area (Å²) in [6.07, 6.45) is 0. The average Bonchev–Trinajstić information content (AvgIpc) is 3.26. The summed E-state index contributed by atoms with van der Waals surface area (Å²) < 4.78 is 25.9. The maximum Gasteiger partial charge on any atom is 0.183 e. The van der Waals surface area contributed by atoms with Crippen molar-refractivity contribution in [1.29, 1.82) is 5.26 Å². The van der Waals surface area contributed by atoms with Crippen LogP contribution in [0.1, 0.15) is 11.5 Å². The molecule has 7 heteroatoms. The van der Waals surface area contributed by atoms with Crippen LogP contribution in [0.15, 0.2) is 53.4 Å². The molecule has 0 heterocycles. The first-order chi connectivity index (χ1) is 11.4. The van der Waals surface area contributed by atoms with E-state index in [1.165, 1.54) is 24.3 Å². The van der Waals surface area contributed by atoms with Crippen LogP contribution in [-0.4, -0.2) is 25.4 Å². The molecular weight excluding hydrogens is 369 g/mol. The molecule has 1 aliphatic rings. The highest BCUT2D eigenvalue weighted by atomic mass is 35.5. The summed E-state index contributed by atoms with van der Waals surface area (Å²) in [7, 11) is -3.80. The predicted octanol–water partition coefficient (Wildman–Crippen LogP) is 3.44. The van der Waals surface area contributed by atoms with Crippen molar-refractivity contribution in [3.8, 4) is 6.07 Å². The molecule has 24 heavy (non-hydrogen) atoms.